The summed E-state index contributed by atoms with van der Waals surface area (Å²) in [7, 11) is 0. The molecular weight excluding hydrogens is 439 g/mol. The summed E-state index contributed by atoms with van der Waals surface area (Å²) in [5, 5.41) is 3.50. The molecule has 0 spiro atoms. The molecule has 1 saturated heterocycles. The van der Waals surface area contributed by atoms with Crippen molar-refractivity contribution in [1.82, 2.24) is 24.7 Å². The van der Waals surface area contributed by atoms with E-state index < -0.39 is 0 Å². The van der Waals surface area contributed by atoms with Gasteiger partial charge in [-0.05, 0) is 38.6 Å². The van der Waals surface area contributed by atoms with Crippen LogP contribution in [0.1, 0.15) is 46.1 Å². The quantitative estimate of drug-likeness (QED) is 0.375. The molecule has 2 heterocycles. The predicted molar refractivity (Wildman–Crippen MR) is 118 cm³/mol. The molecule has 1 aliphatic carbocycles. The highest BCUT2D eigenvalue weighted by molar-refractivity contribution is 14.0. The molecule has 2 unspecified atom stereocenters. The Morgan fingerprint density at radius 3 is 2.73 bits per heavy atom. The lowest BCUT2D eigenvalue weighted by molar-refractivity contribution is 0.188. The number of hydrogen-bond acceptors (Lipinski definition) is 3. The molecule has 2 aliphatic rings. The number of rotatable bonds is 7. The van der Waals surface area contributed by atoms with Crippen molar-refractivity contribution in [1.29, 1.82) is 0 Å². The Morgan fingerprint density at radius 2 is 2.12 bits per heavy atom. The Morgan fingerprint density at radius 1 is 1.31 bits per heavy atom. The molecule has 0 amide bonds. The second kappa shape index (κ2) is 10.5. The fraction of sp³-hybridized carbons (Fsp3) is 0.789. The second-order valence-corrected chi connectivity index (χ2v) is 7.38. The van der Waals surface area contributed by atoms with Gasteiger partial charge in [-0.15, -0.1) is 24.0 Å². The van der Waals surface area contributed by atoms with Crippen molar-refractivity contribution in [3.8, 4) is 0 Å². The van der Waals surface area contributed by atoms with Gasteiger partial charge in [-0.25, -0.2) is 4.98 Å². The van der Waals surface area contributed by atoms with E-state index in [1.54, 1.807) is 0 Å². The summed E-state index contributed by atoms with van der Waals surface area (Å²) < 4.78 is 2.26. The number of likely N-dealkylation sites (N-methyl/N-ethyl adjacent to an activating group) is 1. The normalized spacial score (nSPS) is 23.8. The maximum Gasteiger partial charge on any atom is 0.194 e. The van der Waals surface area contributed by atoms with Crippen molar-refractivity contribution in [2.45, 2.75) is 52.1 Å². The average Bonchev–Trinajstić information content (AvgIpc) is 3.32. The molecule has 1 saturated carbocycles. The zero-order chi connectivity index (χ0) is 17.6. The fourth-order valence-electron chi connectivity index (χ4n) is 3.84. The minimum atomic E-state index is 0. The molecule has 26 heavy (non-hydrogen) atoms. The van der Waals surface area contributed by atoms with Crippen LogP contribution in [0.4, 0.5) is 0 Å². The molecule has 0 radical (unpaired) electrons. The van der Waals surface area contributed by atoms with Gasteiger partial charge in [-0.2, -0.15) is 0 Å². The molecule has 7 heteroatoms. The molecule has 0 aromatic carbocycles. The third-order valence-electron chi connectivity index (χ3n) is 5.58. The SMILES string of the molecule is CCNC(=NCCN(CC)C1CC1)N1CCC(C)C(n2ccnc2)C1.I. The van der Waals surface area contributed by atoms with Crippen LogP contribution in [0, 0.1) is 5.92 Å². The first kappa shape index (κ1) is 21.5. The Labute approximate surface area is 175 Å². The number of hydrogen-bond donors (Lipinski definition) is 1. The Balaban J connectivity index is 0.00000243. The summed E-state index contributed by atoms with van der Waals surface area (Å²) in [4.78, 5) is 14.2. The van der Waals surface area contributed by atoms with Gasteiger partial charge in [-0.1, -0.05) is 13.8 Å². The molecule has 0 bridgehead atoms. The smallest absolute Gasteiger partial charge is 0.194 e. The Bertz CT molecular complexity index is 542. The van der Waals surface area contributed by atoms with E-state index in [9.17, 15) is 0 Å². The number of aliphatic imine (C=N–C) groups is 1. The van der Waals surface area contributed by atoms with E-state index in [1.807, 2.05) is 12.5 Å². The number of piperidine rings is 1. The van der Waals surface area contributed by atoms with Crippen LogP contribution in [0.15, 0.2) is 23.7 Å². The minimum absolute atomic E-state index is 0. The first-order valence-corrected chi connectivity index (χ1v) is 9.97. The van der Waals surface area contributed by atoms with Gasteiger partial charge in [0, 0.05) is 44.6 Å². The van der Waals surface area contributed by atoms with Gasteiger partial charge in [0.25, 0.3) is 0 Å². The summed E-state index contributed by atoms with van der Waals surface area (Å²) in [6, 6.07) is 1.29. The third kappa shape index (κ3) is 5.58. The molecule has 2 atom stereocenters. The third-order valence-corrected chi connectivity index (χ3v) is 5.58. The van der Waals surface area contributed by atoms with Gasteiger partial charge < -0.3 is 14.8 Å². The van der Waals surface area contributed by atoms with Crippen LogP contribution in [0.5, 0.6) is 0 Å². The van der Waals surface area contributed by atoms with E-state index >= 15 is 0 Å². The lowest BCUT2D eigenvalue weighted by atomic mass is 9.93. The number of nitrogens with one attached hydrogen (secondary N) is 1. The van der Waals surface area contributed by atoms with E-state index in [0.717, 1.165) is 51.3 Å². The Kier molecular flexibility index (Phi) is 8.66. The topological polar surface area (TPSA) is 48.7 Å². The van der Waals surface area contributed by atoms with Crippen LogP contribution < -0.4 is 5.32 Å². The highest BCUT2D eigenvalue weighted by Gasteiger charge is 2.29. The lowest BCUT2D eigenvalue weighted by Crippen LogP contribution is -2.49. The van der Waals surface area contributed by atoms with Crippen LogP contribution in [-0.2, 0) is 0 Å². The fourth-order valence-corrected chi connectivity index (χ4v) is 3.84. The summed E-state index contributed by atoms with van der Waals surface area (Å²) in [6.45, 7) is 12.9. The van der Waals surface area contributed by atoms with E-state index in [0.29, 0.717) is 12.0 Å². The van der Waals surface area contributed by atoms with Crippen molar-refractivity contribution >= 4 is 29.9 Å². The molecule has 1 N–H and O–H groups in total. The first-order valence-electron chi connectivity index (χ1n) is 9.97. The summed E-state index contributed by atoms with van der Waals surface area (Å²) >= 11 is 0. The predicted octanol–water partition coefficient (Wildman–Crippen LogP) is 2.83. The number of guanidine groups is 1. The van der Waals surface area contributed by atoms with Crippen LogP contribution in [0.2, 0.25) is 0 Å². The van der Waals surface area contributed by atoms with Crippen LogP contribution in [0.3, 0.4) is 0 Å². The maximum atomic E-state index is 4.94. The second-order valence-electron chi connectivity index (χ2n) is 7.38. The van der Waals surface area contributed by atoms with Crippen molar-refractivity contribution < 1.29 is 0 Å². The lowest BCUT2D eigenvalue weighted by Gasteiger charge is -2.39. The van der Waals surface area contributed by atoms with Crippen molar-refractivity contribution in [2.24, 2.45) is 10.9 Å². The summed E-state index contributed by atoms with van der Waals surface area (Å²) in [5.41, 5.74) is 0. The minimum Gasteiger partial charge on any atom is -0.357 e. The largest absolute Gasteiger partial charge is 0.357 e. The van der Waals surface area contributed by atoms with Crippen molar-refractivity contribution in [3.05, 3.63) is 18.7 Å². The molecule has 1 aliphatic heterocycles. The van der Waals surface area contributed by atoms with Crippen molar-refractivity contribution in [3.63, 3.8) is 0 Å². The monoisotopic (exact) mass is 474 g/mol. The summed E-state index contributed by atoms with van der Waals surface area (Å²) in [6.07, 6.45) is 9.84. The molecule has 3 rings (SSSR count). The van der Waals surface area contributed by atoms with Crippen molar-refractivity contribution in [2.75, 3.05) is 39.3 Å². The molecule has 1 aromatic rings. The average molecular weight is 474 g/mol. The number of halogens is 1. The molecule has 1 aromatic heterocycles. The van der Waals surface area contributed by atoms with Crippen LogP contribution in [0.25, 0.3) is 0 Å². The van der Waals surface area contributed by atoms with Gasteiger partial charge >= 0.3 is 0 Å². The van der Waals surface area contributed by atoms with E-state index in [-0.39, 0.29) is 24.0 Å². The highest BCUT2D eigenvalue weighted by atomic mass is 127. The molecular formula is C19H35IN6. The van der Waals surface area contributed by atoms with Gasteiger partial charge in [0.1, 0.15) is 0 Å². The van der Waals surface area contributed by atoms with Crippen LogP contribution in [-0.4, -0.2) is 70.6 Å². The highest BCUT2D eigenvalue weighted by Crippen LogP contribution is 2.28. The standard InChI is InChI=1S/C19H34N6.HI/c1-4-21-19(22-10-13-23(5-2)17-6-7-17)24-11-8-16(3)18(14-24)25-12-9-20-15-25;/h9,12,15-18H,4-8,10-11,13-14H2,1-3H3,(H,21,22);1H. The number of nitrogens with zero attached hydrogens (tertiary/aromatic N) is 5. The van der Waals surface area contributed by atoms with Gasteiger partial charge in [0.2, 0.25) is 0 Å². The first-order chi connectivity index (χ1) is 12.2. The zero-order valence-electron chi connectivity index (χ0n) is 16.5. The van der Waals surface area contributed by atoms with Gasteiger partial charge in [-0.3, -0.25) is 9.89 Å². The zero-order valence-corrected chi connectivity index (χ0v) is 18.8. The molecule has 2 fully saturated rings. The van der Waals surface area contributed by atoms with E-state index in [4.69, 9.17) is 4.99 Å². The Hall–Kier alpha value is -0.830. The summed E-state index contributed by atoms with van der Waals surface area (Å²) in [5.74, 6) is 1.74. The van der Waals surface area contributed by atoms with E-state index in [1.165, 1.54) is 19.3 Å². The number of aromatic nitrogens is 2. The maximum absolute atomic E-state index is 4.94. The van der Waals surface area contributed by atoms with Gasteiger partial charge in [0.15, 0.2) is 5.96 Å². The number of imidazole rings is 1. The van der Waals surface area contributed by atoms with E-state index in [2.05, 4.69) is 51.6 Å². The molecule has 6 nitrogen and oxygen atoms in total. The molecule has 148 valence electrons. The van der Waals surface area contributed by atoms with Crippen LogP contribution >= 0.6 is 24.0 Å². The number of likely N-dealkylation sites (tertiary alicyclic amines) is 1. The van der Waals surface area contributed by atoms with Gasteiger partial charge in [0.05, 0.1) is 18.9 Å².